The third-order valence-electron chi connectivity index (χ3n) is 4.80. The minimum Gasteiger partial charge on any atom is -0.439 e. The summed E-state index contributed by atoms with van der Waals surface area (Å²) in [5.74, 6) is 0.859. The van der Waals surface area contributed by atoms with Gasteiger partial charge in [0.1, 0.15) is 12.1 Å². The van der Waals surface area contributed by atoms with Crippen molar-refractivity contribution >= 4 is 23.1 Å². The monoisotopic (exact) mass is 459 g/mol. The molecule has 11 heteroatoms. The zero-order valence-corrected chi connectivity index (χ0v) is 17.3. The van der Waals surface area contributed by atoms with Crippen molar-refractivity contribution < 1.29 is 27.4 Å². The normalized spacial score (nSPS) is 14.0. The van der Waals surface area contributed by atoms with Gasteiger partial charge in [0.05, 0.1) is 18.8 Å². The number of carbonyl (C=O) groups is 1. The number of hydrogen-bond acceptors (Lipinski definition) is 6. The SMILES string of the molecule is O=C(Nc1ccc(Oc2ccncn2)cc1)Nc1ccc(N2CCOCC2)c(C(F)(F)F)c1. The van der Waals surface area contributed by atoms with Crippen LogP contribution >= 0.6 is 0 Å². The van der Waals surface area contributed by atoms with Crippen molar-refractivity contribution in [1.82, 2.24) is 9.97 Å². The van der Waals surface area contributed by atoms with Gasteiger partial charge in [-0.25, -0.2) is 14.8 Å². The van der Waals surface area contributed by atoms with E-state index in [1.807, 2.05) is 0 Å². The number of rotatable bonds is 5. The second kappa shape index (κ2) is 9.74. The van der Waals surface area contributed by atoms with Gasteiger partial charge in [0.15, 0.2) is 0 Å². The topological polar surface area (TPSA) is 88.6 Å². The number of aromatic nitrogens is 2. The molecule has 0 aliphatic carbocycles. The molecule has 0 atom stereocenters. The number of nitrogens with one attached hydrogen (secondary N) is 2. The summed E-state index contributed by atoms with van der Waals surface area (Å²) in [5.41, 5.74) is -0.284. The molecule has 0 radical (unpaired) electrons. The molecule has 0 saturated carbocycles. The van der Waals surface area contributed by atoms with E-state index in [9.17, 15) is 18.0 Å². The van der Waals surface area contributed by atoms with Crippen molar-refractivity contribution in [2.45, 2.75) is 6.18 Å². The Balaban J connectivity index is 1.41. The lowest BCUT2D eigenvalue weighted by Gasteiger charge is -2.31. The zero-order chi connectivity index (χ0) is 23.3. The second-order valence-electron chi connectivity index (χ2n) is 7.08. The van der Waals surface area contributed by atoms with E-state index in [0.717, 1.165) is 6.07 Å². The van der Waals surface area contributed by atoms with Gasteiger partial charge in [-0.15, -0.1) is 0 Å². The lowest BCUT2D eigenvalue weighted by atomic mass is 10.1. The molecule has 3 aromatic rings. The van der Waals surface area contributed by atoms with E-state index < -0.39 is 17.8 Å². The van der Waals surface area contributed by atoms with Crippen molar-refractivity contribution in [3.8, 4) is 11.6 Å². The molecule has 0 bridgehead atoms. The van der Waals surface area contributed by atoms with Crippen molar-refractivity contribution in [2.75, 3.05) is 41.8 Å². The Morgan fingerprint density at radius 3 is 2.36 bits per heavy atom. The summed E-state index contributed by atoms with van der Waals surface area (Å²) in [7, 11) is 0. The molecule has 2 amide bonds. The molecule has 33 heavy (non-hydrogen) atoms. The fraction of sp³-hybridized carbons (Fsp3) is 0.227. The number of ether oxygens (including phenoxy) is 2. The quantitative estimate of drug-likeness (QED) is 0.572. The molecule has 2 heterocycles. The number of benzene rings is 2. The van der Waals surface area contributed by atoms with E-state index in [0.29, 0.717) is 43.6 Å². The van der Waals surface area contributed by atoms with Crippen LogP contribution < -0.4 is 20.3 Å². The molecule has 1 saturated heterocycles. The van der Waals surface area contributed by atoms with Crippen LogP contribution in [0.4, 0.5) is 35.0 Å². The van der Waals surface area contributed by atoms with Crippen molar-refractivity contribution in [3.05, 3.63) is 66.6 Å². The first-order chi connectivity index (χ1) is 15.9. The van der Waals surface area contributed by atoms with E-state index in [1.54, 1.807) is 41.4 Å². The summed E-state index contributed by atoms with van der Waals surface area (Å²) in [6.45, 7) is 1.46. The summed E-state index contributed by atoms with van der Waals surface area (Å²) in [5, 5.41) is 5.02. The Bertz CT molecular complexity index is 1090. The highest BCUT2D eigenvalue weighted by atomic mass is 19.4. The molecule has 1 aromatic heterocycles. The number of alkyl halides is 3. The Morgan fingerprint density at radius 1 is 1.00 bits per heavy atom. The maximum atomic E-state index is 13.7. The number of morpholine rings is 1. The third kappa shape index (κ3) is 5.89. The predicted octanol–water partition coefficient (Wildman–Crippen LogP) is 4.77. The molecular weight excluding hydrogens is 439 g/mol. The van der Waals surface area contributed by atoms with Crippen LogP contribution in [0.3, 0.4) is 0 Å². The Labute approximate surface area is 187 Å². The standard InChI is InChI=1S/C22H20F3N5O3/c23-22(24,25)18-13-16(3-6-19(18)30-9-11-32-12-10-30)29-21(31)28-15-1-4-17(5-2-15)33-20-7-8-26-14-27-20/h1-8,13-14H,9-12H2,(H2,28,29,31). The molecule has 172 valence electrons. The summed E-state index contributed by atoms with van der Waals surface area (Å²) >= 11 is 0. The summed E-state index contributed by atoms with van der Waals surface area (Å²) in [4.78, 5) is 21.7. The molecule has 0 unspecified atom stereocenters. The molecule has 4 rings (SSSR count). The average molecular weight is 459 g/mol. The third-order valence-corrected chi connectivity index (χ3v) is 4.80. The Kier molecular flexibility index (Phi) is 6.59. The number of carbonyl (C=O) groups excluding carboxylic acids is 1. The van der Waals surface area contributed by atoms with E-state index in [1.165, 1.54) is 18.5 Å². The molecular formula is C22H20F3N5O3. The highest BCUT2D eigenvalue weighted by Gasteiger charge is 2.35. The summed E-state index contributed by atoms with van der Waals surface area (Å²) in [6.07, 6.45) is -1.67. The van der Waals surface area contributed by atoms with Crippen molar-refractivity contribution in [1.29, 1.82) is 0 Å². The highest BCUT2D eigenvalue weighted by Crippen LogP contribution is 2.38. The van der Waals surface area contributed by atoms with Crippen molar-refractivity contribution in [2.24, 2.45) is 0 Å². The maximum Gasteiger partial charge on any atom is 0.418 e. The number of halogens is 3. The zero-order valence-electron chi connectivity index (χ0n) is 17.3. The molecule has 1 aliphatic heterocycles. The first-order valence-corrected chi connectivity index (χ1v) is 10.0. The average Bonchev–Trinajstić information content (AvgIpc) is 2.81. The fourth-order valence-corrected chi connectivity index (χ4v) is 3.28. The van der Waals surface area contributed by atoms with Crippen LogP contribution in [0.15, 0.2) is 61.1 Å². The first-order valence-electron chi connectivity index (χ1n) is 10.0. The van der Waals surface area contributed by atoms with Crippen LogP contribution in [-0.2, 0) is 10.9 Å². The fourth-order valence-electron chi connectivity index (χ4n) is 3.28. The van der Waals surface area contributed by atoms with Crippen LogP contribution in [0.5, 0.6) is 11.6 Å². The van der Waals surface area contributed by atoms with Gasteiger partial charge >= 0.3 is 12.2 Å². The predicted molar refractivity (Wildman–Crippen MR) is 116 cm³/mol. The minimum atomic E-state index is -4.57. The van der Waals surface area contributed by atoms with E-state index in [-0.39, 0.29) is 11.4 Å². The number of anilines is 3. The number of amides is 2. The summed E-state index contributed by atoms with van der Waals surface area (Å²) in [6, 6.07) is 11.1. The first kappa shape index (κ1) is 22.3. The van der Waals surface area contributed by atoms with Crippen LogP contribution in [0.2, 0.25) is 0 Å². The van der Waals surface area contributed by atoms with Gasteiger partial charge in [-0.2, -0.15) is 13.2 Å². The number of nitrogens with zero attached hydrogens (tertiary/aromatic N) is 3. The van der Waals surface area contributed by atoms with Crippen LogP contribution in [0.1, 0.15) is 5.56 Å². The van der Waals surface area contributed by atoms with Crippen LogP contribution in [0.25, 0.3) is 0 Å². The highest BCUT2D eigenvalue weighted by molar-refractivity contribution is 6.00. The number of hydrogen-bond donors (Lipinski definition) is 2. The van der Waals surface area contributed by atoms with Gasteiger partial charge < -0.3 is 25.0 Å². The van der Waals surface area contributed by atoms with Gasteiger partial charge in [-0.05, 0) is 42.5 Å². The van der Waals surface area contributed by atoms with Gasteiger partial charge in [-0.1, -0.05) is 0 Å². The maximum absolute atomic E-state index is 13.7. The number of urea groups is 1. The molecule has 2 N–H and O–H groups in total. The van der Waals surface area contributed by atoms with Gasteiger partial charge in [-0.3, -0.25) is 0 Å². The van der Waals surface area contributed by atoms with Gasteiger partial charge in [0.25, 0.3) is 0 Å². The van der Waals surface area contributed by atoms with Crippen molar-refractivity contribution in [3.63, 3.8) is 0 Å². The minimum absolute atomic E-state index is 0.0283. The lowest BCUT2D eigenvalue weighted by molar-refractivity contribution is -0.137. The molecule has 0 spiro atoms. The van der Waals surface area contributed by atoms with E-state index in [4.69, 9.17) is 9.47 Å². The lowest BCUT2D eigenvalue weighted by Crippen LogP contribution is -2.37. The molecule has 1 fully saturated rings. The largest absolute Gasteiger partial charge is 0.439 e. The van der Waals surface area contributed by atoms with Gasteiger partial charge in [0, 0.05) is 42.4 Å². The van der Waals surface area contributed by atoms with E-state index in [2.05, 4.69) is 20.6 Å². The van der Waals surface area contributed by atoms with Gasteiger partial charge in [0.2, 0.25) is 5.88 Å². The smallest absolute Gasteiger partial charge is 0.418 e. The Morgan fingerprint density at radius 2 is 1.70 bits per heavy atom. The second-order valence-corrected chi connectivity index (χ2v) is 7.08. The molecule has 2 aromatic carbocycles. The van der Waals surface area contributed by atoms with Crippen LogP contribution in [0, 0.1) is 0 Å². The molecule has 8 nitrogen and oxygen atoms in total. The van der Waals surface area contributed by atoms with E-state index >= 15 is 0 Å². The summed E-state index contributed by atoms with van der Waals surface area (Å²) < 4.78 is 51.7. The van der Waals surface area contributed by atoms with Crippen LogP contribution in [-0.4, -0.2) is 42.3 Å². The Hall–Kier alpha value is -3.86. The molecule has 1 aliphatic rings.